The first-order chi connectivity index (χ1) is 19.7. The van der Waals surface area contributed by atoms with E-state index in [-0.39, 0.29) is 6.10 Å². The molecule has 0 bridgehead atoms. The van der Waals surface area contributed by atoms with E-state index in [1.54, 1.807) is 30.3 Å². The van der Waals surface area contributed by atoms with Crippen LogP contribution < -0.4 is 0 Å². The lowest BCUT2D eigenvalue weighted by atomic mass is 10.0. The van der Waals surface area contributed by atoms with Crippen molar-refractivity contribution < 1.29 is 14.6 Å². The summed E-state index contributed by atoms with van der Waals surface area (Å²) in [4.78, 5) is 15.1. The highest BCUT2D eigenvalue weighted by atomic mass is 16.5. The third-order valence-corrected chi connectivity index (χ3v) is 6.84. The number of carboxylic acid groups (broad SMARTS) is 1. The maximum Gasteiger partial charge on any atom is 0.335 e. The minimum atomic E-state index is -0.879. The topological polar surface area (TPSA) is 53.0 Å². The molecule has 1 N–H and O–H groups in total. The molecule has 0 spiro atoms. The highest BCUT2D eigenvalue weighted by molar-refractivity contribution is 5.87. The van der Waals surface area contributed by atoms with E-state index in [0.29, 0.717) is 5.56 Å². The van der Waals surface area contributed by atoms with Crippen LogP contribution in [0.25, 0.3) is 0 Å². The van der Waals surface area contributed by atoms with Gasteiger partial charge in [0, 0.05) is 32.7 Å². The van der Waals surface area contributed by atoms with Crippen LogP contribution in [0.2, 0.25) is 0 Å². The molecule has 0 aliphatic carbocycles. The number of hydrogen-bond donors (Lipinski definition) is 1. The number of allylic oxidation sites excluding steroid dienone is 1. The van der Waals surface area contributed by atoms with Gasteiger partial charge >= 0.3 is 5.97 Å². The number of hydrogen-bond acceptors (Lipinski definition) is 4. The molecule has 1 aliphatic heterocycles. The van der Waals surface area contributed by atoms with Crippen LogP contribution in [0.1, 0.15) is 33.2 Å². The predicted octanol–water partition coefficient (Wildman–Crippen LogP) is 6.55. The Balaban J connectivity index is 0.000000350. The molecular formula is C35H38N2O3. The molecule has 5 heteroatoms. The predicted molar refractivity (Wildman–Crippen MR) is 161 cm³/mol. The minimum absolute atomic E-state index is 0.00962. The van der Waals surface area contributed by atoms with Gasteiger partial charge in [-0.1, -0.05) is 115 Å². The van der Waals surface area contributed by atoms with Crippen molar-refractivity contribution in [2.24, 2.45) is 0 Å². The van der Waals surface area contributed by atoms with Crippen LogP contribution in [0, 0.1) is 0 Å². The van der Waals surface area contributed by atoms with E-state index < -0.39 is 5.97 Å². The van der Waals surface area contributed by atoms with Crippen LogP contribution in [0.4, 0.5) is 0 Å². The minimum Gasteiger partial charge on any atom is -0.478 e. The van der Waals surface area contributed by atoms with Gasteiger partial charge < -0.3 is 14.7 Å². The Bertz CT molecular complexity index is 1230. The molecule has 5 rings (SSSR count). The molecule has 5 nitrogen and oxygen atoms in total. The zero-order valence-electron chi connectivity index (χ0n) is 22.9. The molecule has 0 atom stereocenters. The quantitative estimate of drug-likeness (QED) is 0.250. The number of carbonyl (C=O) groups is 1. The van der Waals surface area contributed by atoms with Gasteiger partial charge in [0.2, 0.25) is 0 Å². The van der Waals surface area contributed by atoms with Crippen LogP contribution in [0.5, 0.6) is 0 Å². The van der Waals surface area contributed by atoms with Crippen molar-refractivity contribution in [3.05, 3.63) is 156 Å². The van der Waals surface area contributed by atoms with E-state index in [1.165, 1.54) is 16.7 Å². The number of nitrogens with zero attached hydrogens (tertiary/aromatic N) is 2. The summed E-state index contributed by atoms with van der Waals surface area (Å²) < 4.78 is 6.39. The molecule has 0 saturated carbocycles. The van der Waals surface area contributed by atoms with Gasteiger partial charge in [0.25, 0.3) is 0 Å². The molecule has 1 heterocycles. The molecule has 4 aromatic rings. The Morgan fingerprint density at radius 2 is 1.23 bits per heavy atom. The zero-order valence-corrected chi connectivity index (χ0v) is 22.9. The van der Waals surface area contributed by atoms with Crippen molar-refractivity contribution >= 4 is 5.97 Å². The second-order valence-electron chi connectivity index (χ2n) is 9.70. The van der Waals surface area contributed by atoms with Gasteiger partial charge in [-0.3, -0.25) is 4.90 Å². The summed E-state index contributed by atoms with van der Waals surface area (Å²) in [5.74, 6) is -0.879. The molecule has 0 unspecified atom stereocenters. The van der Waals surface area contributed by atoms with Crippen molar-refractivity contribution in [2.45, 2.75) is 12.5 Å². The standard InChI is InChI=1S/C28H32N2O.C7H6O2/c1-4-11-25(12-5-1)13-10-18-29-19-21-30(22-20-29)23-24-31-28(26-14-6-2-7-15-26)27-16-8-3-9-17-27;8-7(9)6-4-2-1-3-5-6/h1-12,14-18,28H,13,19-24H2;1-5H,(H,8,9)/b18-10+;. The number of piperazine rings is 1. The lowest BCUT2D eigenvalue weighted by Gasteiger charge is -2.34. The first kappa shape index (κ1) is 28.8. The molecule has 4 aromatic carbocycles. The summed E-state index contributed by atoms with van der Waals surface area (Å²) in [6.45, 7) is 6.02. The van der Waals surface area contributed by atoms with Gasteiger partial charge in [-0.15, -0.1) is 0 Å². The maximum absolute atomic E-state index is 10.2. The fourth-order valence-electron chi connectivity index (χ4n) is 4.61. The van der Waals surface area contributed by atoms with E-state index in [1.807, 2.05) is 0 Å². The summed E-state index contributed by atoms with van der Waals surface area (Å²) in [6, 6.07) is 40.0. The Kier molecular flexibility index (Phi) is 11.6. The molecule has 206 valence electrons. The summed E-state index contributed by atoms with van der Waals surface area (Å²) >= 11 is 0. The number of aromatic carboxylic acids is 1. The van der Waals surface area contributed by atoms with Crippen LogP contribution in [0.15, 0.2) is 134 Å². The Labute approximate surface area is 238 Å². The smallest absolute Gasteiger partial charge is 0.335 e. The van der Waals surface area contributed by atoms with E-state index >= 15 is 0 Å². The fraction of sp³-hybridized carbons (Fsp3) is 0.229. The molecule has 0 radical (unpaired) electrons. The van der Waals surface area contributed by atoms with Crippen molar-refractivity contribution in [1.82, 2.24) is 9.80 Å². The summed E-state index contributed by atoms with van der Waals surface area (Å²) in [5.41, 5.74) is 4.11. The third-order valence-electron chi connectivity index (χ3n) is 6.84. The number of rotatable bonds is 10. The summed E-state index contributed by atoms with van der Waals surface area (Å²) in [6.07, 6.45) is 5.53. The lowest BCUT2D eigenvalue weighted by Crippen LogP contribution is -2.45. The van der Waals surface area contributed by atoms with Crippen LogP contribution in [-0.2, 0) is 11.2 Å². The van der Waals surface area contributed by atoms with Crippen LogP contribution in [0.3, 0.4) is 0 Å². The Hall–Kier alpha value is -4.19. The summed E-state index contributed by atoms with van der Waals surface area (Å²) in [5, 5.41) is 8.38. The number of benzene rings is 4. The summed E-state index contributed by atoms with van der Waals surface area (Å²) in [7, 11) is 0. The Morgan fingerprint density at radius 3 is 1.73 bits per heavy atom. The maximum atomic E-state index is 10.2. The molecule has 40 heavy (non-hydrogen) atoms. The normalized spacial score (nSPS) is 13.7. The van der Waals surface area contributed by atoms with E-state index in [4.69, 9.17) is 9.84 Å². The average molecular weight is 535 g/mol. The van der Waals surface area contributed by atoms with Gasteiger partial charge in [-0.2, -0.15) is 0 Å². The first-order valence-corrected chi connectivity index (χ1v) is 13.9. The van der Waals surface area contributed by atoms with Crippen molar-refractivity contribution in [1.29, 1.82) is 0 Å². The fourth-order valence-corrected chi connectivity index (χ4v) is 4.61. The first-order valence-electron chi connectivity index (χ1n) is 13.9. The SMILES string of the molecule is C(=C\N1CCN(CCOC(c2ccccc2)c2ccccc2)CC1)/Cc1ccccc1.O=C(O)c1ccccc1. The zero-order chi connectivity index (χ0) is 27.8. The second-order valence-corrected chi connectivity index (χ2v) is 9.70. The second kappa shape index (κ2) is 16.0. The largest absolute Gasteiger partial charge is 0.478 e. The van der Waals surface area contributed by atoms with Gasteiger partial charge in [-0.05, 0) is 41.4 Å². The van der Waals surface area contributed by atoms with Gasteiger partial charge in [0.05, 0.1) is 12.2 Å². The van der Waals surface area contributed by atoms with Gasteiger partial charge in [0.1, 0.15) is 6.10 Å². The average Bonchev–Trinajstić information content (AvgIpc) is 3.02. The Morgan fingerprint density at radius 1 is 0.725 bits per heavy atom. The van der Waals surface area contributed by atoms with Crippen molar-refractivity contribution in [3.63, 3.8) is 0 Å². The molecular weight excluding hydrogens is 496 g/mol. The van der Waals surface area contributed by atoms with E-state index in [2.05, 4.69) is 113 Å². The molecule has 0 aromatic heterocycles. The molecule has 1 saturated heterocycles. The monoisotopic (exact) mass is 534 g/mol. The van der Waals surface area contributed by atoms with E-state index in [9.17, 15) is 4.79 Å². The van der Waals surface area contributed by atoms with Crippen molar-refractivity contribution in [2.75, 3.05) is 39.3 Å². The highest BCUT2D eigenvalue weighted by Crippen LogP contribution is 2.25. The molecule has 0 amide bonds. The third kappa shape index (κ3) is 9.53. The number of ether oxygens (including phenoxy) is 1. The number of carboxylic acids is 1. The molecule has 1 fully saturated rings. The van der Waals surface area contributed by atoms with Gasteiger partial charge in [-0.25, -0.2) is 4.79 Å². The molecule has 1 aliphatic rings. The van der Waals surface area contributed by atoms with Crippen molar-refractivity contribution in [3.8, 4) is 0 Å². The van der Waals surface area contributed by atoms with Crippen LogP contribution >= 0.6 is 0 Å². The van der Waals surface area contributed by atoms with Crippen LogP contribution in [-0.4, -0.2) is 60.2 Å². The lowest BCUT2D eigenvalue weighted by molar-refractivity contribution is 0.0502. The van der Waals surface area contributed by atoms with Gasteiger partial charge in [0.15, 0.2) is 0 Å². The van der Waals surface area contributed by atoms with E-state index in [0.717, 1.165) is 45.8 Å². The highest BCUT2D eigenvalue weighted by Gasteiger charge is 2.17.